The van der Waals surface area contributed by atoms with Crippen LogP contribution in [0.3, 0.4) is 0 Å². The molecule has 4 heteroatoms. The molecule has 1 atom stereocenters. The third-order valence-corrected chi connectivity index (χ3v) is 4.07. The number of carbonyl (C=O) groups excluding carboxylic acids is 1. The number of benzene rings is 1. The zero-order valence-electron chi connectivity index (χ0n) is 11.6. The smallest absolute Gasteiger partial charge is 0.225 e. The first-order valence-corrected chi connectivity index (χ1v) is 7.40. The van der Waals surface area contributed by atoms with Crippen molar-refractivity contribution in [2.45, 2.75) is 25.7 Å². The normalized spacial score (nSPS) is 22.6. The number of nitrogens with zero attached hydrogens (tertiary/aromatic N) is 1. The van der Waals surface area contributed by atoms with Crippen LogP contribution in [0.15, 0.2) is 24.3 Å². The number of halogens is 1. The molecule has 3 nitrogen and oxygen atoms in total. The molecule has 1 saturated carbocycles. The fourth-order valence-electron chi connectivity index (χ4n) is 2.76. The molecule has 1 heterocycles. The van der Waals surface area contributed by atoms with Crippen LogP contribution in [0.2, 0.25) is 0 Å². The van der Waals surface area contributed by atoms with E-state index in [4.69, 9.17) is 4.74 Å². The van der Waals surface area contributed by atoms with Gasteiger partial charge in [0.15, 0.2) is 11.6 Å². The zero-order chi connectivity index (χ0) is 13.9. The number of hydrogen-bond acceptors (Lipinski definition) is 2. The molecular weight excluding hydrogens is 257 g/mol. The van der Waals surface area contributed by atoms with Gasteiger partial charge in [-0.15, -0.1) is 0 Å². The number of carbonyl (C=O) groups is 1. The summed E-state index contributed by atoms with van der Waals surface area (Å²) in [4.78, 5) is 14.0. The van der Waals surface area contributed by atoms with Crippen LogP contribution in [0.4, 0.5) is 4.39 Å². The molecule has 1 amide bonds. The van der Waals surface area contributed by atoms with Crippen molar-refractivity contribution in [2.75, 3.05) is 19.7 Å². The number of ether oxygens (including phenoxy) is 1. The van der Waals surface area contributed by atoms with E-state index >= 15 is 0 Å². The van der Waals surface area contributed by atoms with Crippen LogP contribution in [-0.4, -0.2) is 30.5 Å². The fourth-order valence-corrected chi connectivity index (χ4v) is 2.76. The first-order chi connectivity index (χ1) is 9.74. The predicted molar refractivity (Wildman–Crippen MR) is 73.9 cm³/mol. The molecule has 108 valence electrons. The number of amides is 1. The Labute approximate surface area is 118 Å². The molecule has 20 heavy (non-hydrogen) atoms. The topological polar surface area (TPSA) is 29.5 Å². The summed E-state index contributed by atoms with van der Waals surface area (Å²) in [6.45, 7) is 2.10. The fraction of sp³-hybridized carbons (Fsp3) is 0.562. The van der Waals surface area contributed by atoms with Crippen LogP contribution in [0.5, 0.6) is 5.75 Å². The minimum absolute atomic E-state index is 0.279. The lowest BCUT2D eigenvalue weighted by atomic mass is 9.98. The van der Waals surface area contributed by atoms with Gasteiger partial charge in [0.05, 0.1) is 6.61 Å². The van der Waals surface area contributed by atoms with Crippen molar-refractivity contribution in [1.82, 2.24) is 4.90 Å². The highest BCUT2D eigenvalue weighted by Crippen LogP contribution is 2.32. The Kier molecular flexibility index (Phi) is 3.90. The van der Waals surface area contributed by atoms with Gasteiger partial charge < -0.3 is 9.64 Å². The lowest BCUT2D eigenvalue weighted by Gasteiger charge is -2.32. The number of piperidine rings is 1. The van der Waals surface area contributed by atoms with Crippen molar-refractivity contribution < 1.29 is 13.9 Å². The minimum Gasteiger partial charge on any atom is -0.490 e. The van der Waals surface area contributed by atoms with Gasteiger partial charge in [-0.3, -0.25) is 4.79 Å². The summed E-state index contributed by atoms with van der Waals surface area (Å²) in [6.07, 6.45) is 4.16. The van der Waals surface area contributed by atoms with E-state index in [0.29, 0.717) is 24.2 Å². The van der Waals surface area contributed by atoms with Crippen LogP contribution < -0.4 is 4.74 Å². The largest absolute Gasteiger partial charge is 0.490 e. The van der Waals surface area contributed by atoms with Crippen molar-refractivity contribution in [3.63, 3.8) is 0 Å². The van der Waals surface area contributed by atoms with E-state index in [1.54, 1.807) is 18.2 Å². The molecular formula is C16H20FNO2. The summed E-state index contributed by atoms with van der Waals surface area (Å²) in [5.41, 5.74) is 0. The quantitative estimate of drug-likeness (QED) is 0.847. The lowest BCUT2D eigenvalue weighted by Crippen LogP contribution is -2.42. The molecule has 2 aliphatic rings. The highest BCUT2D eigenvalue weighted by molar-refractivity contribution is 5.81. The highest BCUT2D eigenvalue weighted by atomic mass is 19.1. The molecule has 3 rings (SSSR count). The van der Waals surface area contributed by atoms with E-state index in [-0.39, 0.29) is 11.7 Å². The molecule has 1 aliphatic heterocycles. The van der Waals surface area contributed by atoms with Gasteiger partial charge in [-0.1, -0.05) is 12.1 Å². The number of rotatable bonds is 4. The van der Waals surface area contributed by atoms with Crippen LogP contribution in [-0.2, 0) is 4.79 Å². The van der Waals surface area contributed by atoms with Crippen molar-refractivity contribution in [2.24, 2.45) is 11.8 Å². The van der Waals surface area contributed by atoms with Gasteiger partial charge in [0.2, 0.25) is 5.91 Å². The van der Waals surface area contributed by atoms with Crippen LogP contribution >= 0.6 is 0 Å². The number of hydrogen-bond donors (Lipinski definition) is 0. The molecule has 0 spiro atoms. The predicted octanol–water partition coefficient (Wildman–Crippen LogP) is 2.85. The average molecular weight is 277 g/mol. The Morgan fingerprint density at radius 1 is 1.30 bits per heavy atom. The molecule has 1 unspecified atom stereocenters. The summed E-state index contributed by atoms with van der Waals surface area (Å²) in [7, 11) is 0. The second-order valence-electron chi connectivity index (χ2n) is 5.81. The van der Waals surface area contributed by atoms with E-state index in [1.807, 2.05) is 4.90 Å². The van der Waals surface area contributed by atoms with Crippen LogP contribution in [0.1, 0.15) is 25.7 Å². The molecule has 0 radical (unpaired) electrons. The highest BCUT2D eigenvalue weighted by Gasteiger charge is 2.35. The van der Waals surface area contributed by atoms with Crippen molar-refractivity contribution in [3.05, 3.63) is 30.1 Å². The monoisotopic (exact) mass is 277 g/mol. The molecule has 1 saturated heterocycles. The van der Waals surface area contributed by atoms with Gasteiger partial charge in [0, 0.05) is 24.9 Å². The Hall–Kier alpha value is -1.58. The van der Waals surface area contributed by atoms with E-state index in [1.165, 1.54) is 6.07 Å². The van der Waals surface area contributed by atoms with Gasteiger partial charge in [0.25, 0.3) is 0 Å². The zero-order valence-corrected chi connectivity index (χ0v) is 11.6. The third-order valence-electron chi connectivity index (χ3n) is 4.07. The lowest BCUT2D eigenvalue weighted by molar-refractivity contribution is -0.134. The number of likely N-dealkylation sites (tertiary alicyclic amines) is 1. The Morgan fingerprint density at radius 2 is 2.10 bits per heavy atom. The molecule has 1 aromatic rings. The maximum absolute atomic E-state index is 13.5. The molecule has 2 fully saturated rings. The van der Waals surface area contributed by atoms with E-state index in [2.05, 4.69) is 0 Å². The van der Waals surface area contributed by atoms with E-state index in [0.717, 1.165) is 38.8 Å². The number of para-hydroxylation sites is 1. The minimum atomic E-state index is -0.325. The van der Waals surface area contributed by atoms with Gasteiger partial charge in [-0.2, -0.15) is 0 Å². The maximum Gasteiger partial charge on any atom is 0.225 e. The van der Waals surface area contributed by atoms with E-state index in [9.17, 15) is 9.18 Å². The molecule has 0 N–H and O–H groups in total. The molecule has 0 aromatic heterocycles. The Balaban J connectivity index is 1.52. The second kappa shape index (κ2) is 5.81. The van der Waals surface area contributed by atoms with Gasteiger partial charge >= 0.3 is 0 Å². The molecule has 0 bridgehead atoms. The van der Waals surface area contributed by atoms with Gasteiger partial charge in [-0.25, -0.2) is 4.39 Å². The van der Waals surface area contributed by atoms with Crippen molar-refractivity contribution in [3.8, 4) is 5.75 Å². The SMILES string of the molecule is O=C(C1CC1)N1CCCC(COc2ccccc2F)C1. The summed E-state index contributed by atoms with van der Waals surface area (Å²) >= 11 is 0. The first-order valence-electron chi connectivity index (χ1n) is 7.40. The Morgan fingerprint density at radius 3 is 2.85 bits per heavy atom. The van der Waals surface area contributed by atoms with Crippen LogP contribution in [0, 0.1) is 17.7 Å². The third kappa shape index (κ3) is 3.11. The van der Waals surface area contributed by atoms with Crippen LogP contribution in [0.25, 0.3) is 0 Å². The summed E-state index contributed by atoms with van der Waals surface area (Å²) in [6, 6.07) is 6.46. The maximum atomic E-state index is 13.5. The Bertz CT molecular complexity index is 487. The van der Waals surface area contributed by atoms with Crippen molar-refractivity contribution >= 4 is 5.91 Å². The summed E-state index contributed by atoms with van der Waals surface area (Å²) < 4.78 is 19.0. The summed E-state index contributed by atoms with van der Waals surface area (Å²) in [5, 5.41) is 0. The van der Waals surface area contributed by atoms with Gasteiger partial charge in [-0.05, 0) is 37.8 Å². The standard InChI is InChI=1S/C16H20FNO2/c17-14-5-1-2-6-15(14)20-11-12-4-3-9-18(10-12)16(19)13-7-8-13/h1-2,5-6,12-13H,3-4,7-11H2. The van der Waals surface area contributed by atoms with Gasteiger partial charge in [0.1, 0.15) is 0 Å². The second-order valence-corrected chi connectivity index (χ2v) is 5.81. The molecule has 1 aromatic carbocycles. The first kappa shape index (κ1) is 13.4. The molecule has 1 aliphatic carbocycles. The average Bonchev–Trinajstić information content (AvgIpc) is 3.31. The summed E-state index contributed by atoms with van der Waals surface area (Å²) in [5.74, 6) is 0.875. The van der Waals surface area contributed by atoms with E-state index < -0.39 is 0 Å². The van der Waals surface area contributed by atoms with Crippen molar-refractivity contribution in [1.29, 1.82) is 0 Å².